The van der Waals surface area contributed by atoms with Crippen LogP contribution in [-0.4, -0.2) is 41.3 Å². The van der Waals surface area contributed by atoms with Crippen molar-refractivity contribution < 1.29 is 24.5 Å². The molecule has 0 aliphatic carbocycles. The molecule has 0 saturated heterocycles. The Morgan fingerprint density at radius 1 is 0.929 bits per heavy atom. The van der Waals surface area contributed by atoms with E-state index in [2.05, 4.69) is 31.2 Å². The molecule has 0 aliphatic rings. The molecule has 0 aromatic rings. The molecule has 0 amide bonds. The van der Waals surface area contributed by atoms with E-state index in [1.165, 1.54) is 25.3 Å². The monoisotopic (exact) mass is 392 g/mol. The van der Waals surface area contributed by atoms with Crippen LogP contribution < -0.4 is 0 Å². The molecule has 1 atom stereocenters. The van der Waals surface area contributed by atoms with E-state index in [1.54, 1.807) is 6.08 Å². The van der Waals surface area contributed by atoms with Crippen molar-refractivity contribution in [3.63, 3.8) is 0 Å². The molecular weight excluding hydrogens is 356 g/mol. The largest absolute Gasteiger partial charge is 0.463 e. The Labute approximate surface area is 169 Å². The second-order valence-corrected chi connectivity index (χ2v) is 6.54. The Morgan fingerprint density at radius 2 is 1.64 bits per heavy atom. The summed E-state index contributed by atoms with van der Waals surface area (Å²) in [5.41, 5.74) is 0. The smallest absolute Gasteiger partial charge is 0.305 e. The molecule has 28 heavy (non-hydrogen) atoms. The van der Waals surface area contributed by atoms with Crippen molar-refractivity contribution in [1.82, 2.24) is 0 Å². The third kappa shape index (κ3) is 18.8. The molecule has 0 saturated carbocycles. The normalized spacial score (nSPS) is 13.2. The zero-order chi connectivity index (χ0) is 20.9. The molecule has 0 aromatic heterocycles. The molecular formula is C23H36O5. The first-order valence-corrected chi connectivity index (χ1v) is 10.2. The van der Waals surface area contributed by atoms with Gasteiger partial charge in [0.15, 0.2) is 5.78 Å². The minimum Gasteiger partial charge on any atom is -0.463 e. The molecule has 0 aromatic carbocycles. The molecule has 5 nitrogen and oxygen atoms in total. The van der Waals surface area contributed by atoms with Gasteiger partial charge in [-0.15, -0.1) is 0 Å². The number of allylic oxidation sites excluding steroid dienone is 8. The number of ether oxygens (including phenoxy) is 1. The van der Waals surface area contributed by atoms with E-state index >= 15 is 0 Å². The van der Waals surface area contributed by atoms with Crippen LogP contribution in [0.15, 0.2) is 48.6 Å². The zero-order valence-corrected chi connectivity index (χ0v) is 17.1. The lowest BCUT2D eigenvalue weighted by Crippen LogP contribution is -2.21. The maximum absolute atomic E-state index is 11.7. The summed E-state index contributed by atoms with van der Waals surface area (Å²) < 4.78 is 4.76. The lowest BCUT2D eigenvalue weighted by atomic mass is 10.1. The highest BCUT2D eigenvalue weighted by Gasteiger charge is 2.08. The number of aliphatic hydroxyl groups excluding tert-OH is 2. The first-order valence-electron chi connectivity index (χ1n) is 10.2. The average Bonchev–Trinajstić information content (AvgIpc) is 2.69. The molecule has 0 unspecified atom stereocenters. The Hall–Kier alpha value is -1.98. The van der Waals surface area contributed by atoms with E-state index in [-0.39, 0.29) is 25.2 Å². The summed E-state index contributed by atoms with van der Waals surface area (Å²) >= 11 is 0. The van der Waals surface area contributed by atoms with Gasteiger partial charge in [-0.2, -0.15) is 0 Å². The fourth-order valence-electron chi connectivity index (χ4n) is 2.20. The maximum Gasteiger partial charge on any atom is 0.305 e. The highest BCUT2D eigenvalue weighted by molar-refractivity contribution is 5.90. The van der Waals surface area contributed by atoms with Gasteiger partial charge in [0.1, 0.15) is 12.7 Å². The first-order chi connectivity index (χ1) is 13.6. The second kappa shape index (κ2) is 19.8. The van der Waals surface area contributed by atoms with Gasteiger partial charge in [0.25, 0.3) is 0 Å². The SMILES string of the molecule is CCCCC/C=C\C/C=C\C/C=C\C=C\C(=O)CCCC(=O)OC[C@@H](O)CO. The Morgan fingerprint density at radius 3 is 2.36 bits per heavy atom. The standard InChI is InChI=1S/C23H36O5/c1-2-3-4-5-6-7-8-9-10-11-12-13-14-16-21(25)17-15-18-23(27)28-20-22(26)19-24/h6-7,9-10,12-14,16,22,24,26H,2-5,8,11,15,17-20H2,1H3/b7-6-,10-9-,13-12-,16-14+/t22-/m0/s1. The van der Waals surface area contributed by atoms with E-state index in [4.69, 9.17) is 14.9 Å². The number of hydrogen-bond donors (Lipinski definition) is 2. The van der Waals surface area contributed by atoms with E-state index in [0.29, 0.717) is 6.42 Å². The lowest BCUT2D eigenvalue weighted by Gasteiger charge is -2.07. The van der Waals surface area contributed by atoms with Gasteiger partial charge in [-0.1, -0.05) is 62.3 Å². The molecule has 0 heterocycles. The quantitative estimate of drug-likeness (QED) is 0.127. The average molecular weight is 393 g/mol. The topological polar surface area (TPSA) is 83.8 Å². The highest BCUT2D eigenvalue weighted by atomic mass is 16.5. The second-order valence-electron chi connectivity index (χ2n) is 6.54. The van der Waals surface area contributed by atoms with Crippen LogP contribution in [0.2, 0.25) is 0 Å². The third-order valence-corrected chi connectivity index (χ3v) is 3.83. The number of rotatable bonds is 17. The number of unbranched alkanes of at least 4 members (excludes halogenated alkanes) is 3. The molecule has 0 bridgehead atoms. The van der Waals surface area contributed by atoms with Crippen LogP contribution in [0.3, 0.4) is 0 Å². The number of hydrogen-bond acceptors (Lipinski definition) is 5. The first kappa shape index (κ1) is 26.0. The minimum atomic E-state index is -1.05. The van der Waals surface area contributed by atoms with Crippen LogP contribution in [0.4, 0.5) is 0 Å². The van der Waals surface area contributed by atoms with Gasteiger partial charge in [0.2, 0.25) is 0 Å². The van der Waals surface area contributed by atoms with Gasteiger partial charge >= 0.3 is 5.97 Å². The summed E-state index contributed by atoms with van der Waals surface area (Å²) in [6, 6.07) is 0. The molecule has 0 radical (unpaired) electrons. The third-order valence-electron chi connectivity index (χ3n) is 3.83. The predicted molar refractivity (Wildman–Crippen MR) is 113 cm³/mol. The summed E-state index contributed by atoms with van der Waals surface area (Å²) in [5, 5.41) is 17.7. The summed E-state index contributed by atoms with van der Waals surface area (Å²) in [5.74, 6) is -0.525. The fourth-order valence-corrected chi connectivity index (χ4v) is 2.20. The molecule has 0 fully saturated rings. The minimum absolute atomic E-state index is 0.0448. The predicted octanol–water partition coefficient (Wildman–Crippen LogP) is 4.21. The summed E-state index contributed by atoms with van der Waals surface area (Å²) in [6.45, 7) is 1.54. The van der Waals surface area contributed by atoms with E-state index < -0.39 is 18.7 Å². The summed E-state index contributed by atoms with van der Waals surface area (Å²) in [4.78, 5) is 23.0. The fraction of sp³-hybridized carbons (Fsp3) is 0.565. The Kier molecular flexibility index (Phi) is 18.4. The number of ketones is 1. The van der Waals surface area contributed by atoms with E-state index in [0.717, 1.165) is 19.3 Å². The van der Waals surface area contributed by atoms with Crippen LogP contribution >= 0.6 is 0 Å². The molecule has 0 rings (SSSR count). The highest BCUT2D eigenvalue weighted by Crippen LogP contribution is 2.02. The number of esters is 1. The van der Waals surface area contributed by atoms with Crippen molar-refractivity contribution in [3.8, 4) is 0 Å². The van der Waals surface area contributed by atoms with Gasteiger partial charge in [-0.3, -0.25) is 9.59 Å². The van der Waals surface area contributed by atoms with Crippen LogP contribution in [-0.2, 0) is 14.3 Å². The Bertz CT molecular complexity index is 517. The van der Waals surface area contributed by atoms with Gasteiger partial charge in [-0.25, -0.2) is 0 Å². The van der Waals surface area contributed by atoms with Crippen molar-refractivity contribution in [2.45, 2.75) is 70.8 Å². The van der Waals surface area contributed by atoms with Crippen LogP contribution in [0, 0.1) is 0 Å². The number of aliphatic hydroxyl groups is 2. The van der Waals surface area contributed by atoms with E-state index in [9.17, 15) is 9.59 Å². The lowest BCUT2D eigenvalue weighted by molar-refractivity contribution is -0.147. The number of carbonyl (C=O) groups excluding carboxylic acids is 2. The summed E-state index contributed by atoms with van der Waals surface area (Å²) in [6.07, 6.45) is 22.2. The zero-order valence-electron chi connectivity index (χ0n) is 17.1. The van der Waals surface area contributed by atoms with Gasteiger partial charge in [-0.05, 0) is 38.2 Å². The van der Waals surface area contributed by atoms with Gasteiger partial charge in [0.05, 0.1) is 6.61 Å². The van der Waals surface area contributed by atoms with E-state index in [1.807, 2.05) is 12.2 Å². The summed E-state index contributed by atoms with van der Waals surface area (Å²) in [7, 11) is 0. The number of carbonyl (C=O) groups is 2. The molecule has 0 aliphatic heterocycles. The van der Waals surface area contributed by atoms with Crippen molar-refractivity contribution in [3.05, 3.63) is 48.6 Å². The van der Waals surface area contributed by atoms with Crippen LogP contribution in [0.1, 0.15) is 64.7 Å². The van der Waals surface area contributed by atoms with Gasteiger partial charge in [0, 0.05) is 12.8 Å². The molecule has 0 spiro atoms. The maximum atomic E-state index is 11.7. The molecule has 5 heteroatoms. The Balaban J connectivity index is 3.70. The van der Waals surface area contributed by atoms with Crippen molar-refractivity contribution >= 4 is 11.8 Å². The molecule has 158 valence electrons. The molecule has 2 N–H and O–H groups in total. The van der Waals surface area contributed by atoms with Crippen molar-refractivity contribution in [2.24, 2.45) is 0 Å². The van der Waals surface area contributed by atoms with Gasteiger partial charge < -0.3 is 14.9 Å². The van der Waals surface area contributed by atoms with Crippen LogP contribution in [0.25, 0.3) is 0 Å². The van der Waals surface area contributed by atoms with Crippen molar-refractivity contribution in [2.75, 3.05) is 13.2 Å². The van der Waals surface area contributed by atoms with Crippen LogP contribution in [0.5, 0.6) is 0 Å². The van der Waals surface area contributed by atoms with Crippen molar-refractivity contribution in [1.29, 1.82) is 0 Å².